The molecule has 0 aromatic carbocycles. The van der Waals surface area contributed by atoms with E-state index in [0.717, 1.165) is 10.6 Å². The zero-order valence-electron chi connectivity index (χ0n) is 15.9. The number of furan rings is 1. The number of aromatic amines is 1. The molecule has 0 aliphatic heterocycles. The van der Waals surface area contributed by atoms with Crippen LogP contribution < -0.4 is 5.32 Å². The van der Waals surface area contributed by atoms with Gasteiger partial charge in [0.1, 0.15) is 0 Å². The molecule has 4 aromatic rings. The third kappa shape index (κ3) is 4.14. The second kappa shape index (κ2) is 8.55. The Balaban J connectivity index is 1.40. The first-order chi connectivity index (χ1) is 14.5. The Bertz CT molecular complexity index is 1230. The molecule has 10 nitrogen and oxygen atoms in total. The summed E-state index contributed by atoms with van der Waals surface area (Å²) in [6, 6.07) is 3.47. The van der Waals surface area contributed by atoms with Crippen LogP contribution in [0.5, 0.6) is 0 Å². The number of rotatable bonds is 8. The zero-order chi connectivity index (χ0) is 21.1. The molecule has 2 N–H and O–H groups in total. The number of aryl methyl sites for hydroxylation is 2. The summed E-state index contributed by atoms with van der Waals surface area (Å²) in [6.45, 7) is 6.11. The molecule has 4 aromatic heterocycles. The number of carbonyl (C=O) groups excluding carboxylic acids is 1. The van der Waals surface area contributed by atoms with Crippen molar-refractivity contribution in [2.45, 2.75) is 26.3 Å². The number of allylic oxidation sites excluding steroid dienone is 1. The van der Waals surface area contributed by atoms with Crippen molar-refractivity contribution < 1.29 is 13.7 Å². The van der Waals surface area contributed by atoms with Crippen LogP contribution in [-0.4, -0.2) is 35.8 Å². The van der Waals surface area contributed by atoms with Gasteiger partial charge >= 0.3 is 0 Å². The van der Waals surface area contributed by atoms with Gasteiger partial charge in [-0.25, -0.2) is 4.98 Å². The maximum atomic E-state index is 12.3. The van der Waals surface area contributed by atoms with Gasteiger partial charge in [-0.05, 0) is 31.3 Å². The number of hydrogen-bond donors (Lipinski definition) is 2. The Morgan fingerprint density at radius 2 is 2.33 bits per heavy atom. The lowest BCUT2D eigenvalue weighted by Crippen LogP contribution is -2.12. The lowest BCUT2D eigenvalue weighted by Gasteiger charge is -2.01. The Labute approximate surface area is 179 Å². The molecule has 0 bridgehead atoms. The van der Waals surface area contributed by atoms with Crippen LogP contribution in [0.2, 0.25) is 0 Å². The van der Waals surface area contributed by atoms with Crippen LogP contribution in [0, 0.1) is 11.7 Å². The second-order valence-corrected chi connectivity index (χ2v) is 7.61. The lowest BCUT2D eigenvalue weighted by molar-refractivity contribution is -0.116. The lowest BCUT2D eigenvalue weighted by atomic mass is 10.3. The van der Waals surface area contributed by atoms with Crippen LogP contribution in [0.15, 0.2) is 40.0 Å². The second-order valence-electron chi connectivity index (χ2n) is 6.22. The summed E-state index contributed by atoms with van der Waals surface area (Å²) in [5, 5.41) is 14.2. The standard InChI is InChI=1S/C18H17N7O3S2/c1-3-8-25-16(22-23-18(25)29)14-10(2)19-17(30-14)20-12(26)6-7-13-21-15(24-28-13)11-5-4-9-27-11/h3-5,9H,1,6-8H2,2H3,(H,23,29)(H,19,20,26). The Hall–Kier alpha value is -3.38. The molecule has 0 fully saturated rings. The van der Waals surface area contributed by atoms with Crippen LogP contribution >= 0.6 is 23.6 Å². The highest BCUT2D eigenvalue weighted by molar-refractivity contribution is 7.71. The average molecular weight is 444 g/mol. The van der Waals surface area contributed by atoms with Crippen molar-refractivity contribution in [1.29, 1.82) is 0 Å². The quantitative estimate of drug-likeness (QED) is 0.311. The number of anilines is 1. The van der Waals surface area contributed by atoms with Gasteiger partial charge in [-0.15, -0.1) is 6.58 Å². The first kappa shape index (κ1) is 19.9. The third-order valence-electron chi connectivity index (χ3n) is 4.09. The number of H-pyrrole nitrogens is 1. The molecule has 4 heterocycles. The van der Waals surface area contributed by atoms with Gasteiger partial charge in [0.15, 0.2) is 21.5 Å². The van der Waals surface area contributed by atoms with Crippen LogP contribution in [-0.2, 0) is 17.8 Å². The summed E-state index contributed by atoms with van der Waals surface area (Å²) >= 11 is 6.58. The van der Waals surface area contributed by atoms with Crippen LogP contribution in [0.1, 0.15) is 18.0 Å². The highest BCUT2D eigenvalue weighted by atomic mass is 32.1. The molecule has 0 spiro atoms. The van der Waals surface area contributed by atoms with E-state index in [-0.39, 0.29) is 12.3 Å². The van der Waals surface area contributed by atoms with Gasteiger partial charge in [-0.3, -0.25) is 14.5 Å². The van der Waals surface area contributed by atoms with Crippen molar-refractivity contribution in [3.63, 3.8) is 0 Å². The summed E-state index contributed by atoms with van der Waals surface area (Å²) in [5.74, 6) is 1.66. The van der Waals surface area contributed by atoms with Gasteiger partial charge in [0.25, 0.3) is 0 Å². The highest BCUT2D eigenvalue weighted by Crippen LogP contribution is 2.31. The number of thiazole rings is 1. The average Bonchev–Trinajstić information content (AvgIpc) is 3.49. The fourth-order valence-electron chi connectivity index (χ4n) is 2.71. The number of hydrogen-bond acceptors (Lipinski definition) is 9. The first-order valence-corrected chi connectivity index (χ1v) is 10.2. The molecule has 0 atom stereocenters. The summed E-state index contributed by atoms with van der Waals surface area (Å²) in [7, 11) is 0. The summed E-state index contributed by atoms with van der Waals surface area (Å²) in [5.41, 5.74) is 0.745. The van der Waals surface area contributed by atoms with Crippen molar-refractivity contribution in [3.05, 3.63) is 47.4 Å². The Kier molecular flexibility index (Phi) is 5.68. The third-order valence-corrected chi connectivity index (χ3v) is 5.47. The molecular formula is C18H17N7O3S2. The van der Waals surface area contributed by atoms with E-state index in [9.17, 15) is 4.79 Å². The van der Waals surface area contributed by atoms with E-state index < -0.39 is 0 Å². The number of nitrogens with zero attached hydrogens (tertiary/aromatic N) is 5. The number of nitrogens with one attached hydrogen (secondary N) is 2. The van der Waals surface area contributed by atoms with Crippen LogP contribution in [0.3, 0.4) is 0 Å². The summed E-state index contributed by atoms with van der Waals surface area (Å²) < 4.78 is 12.7. The van der Waals surface area contributed by atoms with Gasteiger partial charge < -0.3 is 14.3 Å². The van der Waals surface area contributed by atoms with Crippen molar-refractivity contribution in [3.8, 4) is 22.3 Å². The molecule has 0 aliphatic rings. The van der Waals surface area contributed by atoms with Gasteiger partial charge in [-0.1, -0.05) is 22.6 Å². The number of amides is 1. The molecular weight excluding hydrogens is 426 g/mol. The predicted molar refractivity (Wildman–Crippen MR) is 112 cm³/mol. The SMILES string of the molecule is C=CCn1c(-c2sc(NC(=O)CCc3nc(-c4ccco4)no3)nc2C)n[nH]c1=S. The monoisotopic (exact) mass is 443 g/mol. The predicted octanol–water partition coefficient (Wildman–Crippen LogP) is 3.77. The smallest absolute Gasteiger partial charge is 0.238 e. The number of aromatic nitrogens is 6. The molecule has 0 aliphatic carbocycles. The minimum Gasteiger partial charge on any atom is -0.461 e. The highest BCUT2D eigenvalue weighted by Gasteiger charge is 2.18. The molecule has 0 radical (unpaired) electrons. The maximum absolute atomic E-state index is 12.3. The molecule has 0 unspecified atom stereocenters. The van der Waals surface area contributed by atoms with Crippen molar-refractivity contribution >= 4 is 34.6 Å². The first-order valence-electron chi connectivity index (χ1n) is 8.95. The van der Waals surface area contributed by atoms with E-state index in [2.05, 4.69) is 37.2 Å². The fourth-order valence-corrected chi connectivity index (χ4v) is 3.90. The minimum atomic E-state index is -0.210. The van der Waals surface area contributed by atoms with E-state index in [4.69, 9.17) is 21.2 Å². The number of carbonyl (C=O) groups is 1. The minimum absolute atomic E-state index is 0.170. The van der Waals surface area contributed by atoms with Crippen molar-refractivity contribution in [2.75, 3.05) is 5.32 Å². The molecule has 0 saturated heterocycles. The van der Waals surface area contributed by atoms with Gasteiger partial charge in [0, 0.05) is 19.4 Å². The van der Waals surface area contributed by atoms with Crippen LogP contribution in [0.4, 0.5) is 5.13 Å². The molecule has 12 heteroatoms. The van der Waals surface area contributed by atoms with Crippen LogP contribution in [0.25, 0.3) is 22.3 Å². The largest absolute Gasteiger partial charge is 0.461 e. The molecule has 30 heavy (non-hydrogen) atoms. The zero-order valence-corrected chi connectivity index (χ0v) is 17.5. The molecule has 0 saturated carbocycles. The van der Waals surface area contributed by atoms with E-state index in [0.29, 0.717) is 46.2 Å². The van der Waals surface area contributed by atoms with E-state index >= 15 is 0 Å². The molecule has 154 valence electrons. The summed E-state index contributed by atoms with van der Waals surface area (Å²) in [4.78, 5) is 21.8. The van der Waals surface area contributed by atoms with Gasteiger partial charge in [0.05, 0.1) is 16.8 Å². The van der Waals surface area contributed by atoms with Crippen molar-refractivity contribution in [2.24, 2.45) is 0 Å². The maximum Gasteiger partial charge on any atom is 0.238 e. The fraction of sp³-hybridized carbons (Fsp3) is 0.222. The van der Waals surface area contributed by atoms with Crippen molar-refractivity contribution in [1.82, 2.24) is 29.9 Å². The summed E-state index contributed by atoms with van der Waals surface area (Å²) in [6.07, 6.45) is 3.74. The topological polar surface area (TPSA) is 128 Å². The van der Waals surface area contributed by atoms with E-state index in [1.807, 2.05) is 11.5 Å². The van der Waals surface area contributed by atoms with E-state index in [1.165, 1.54) is 17.6 Å². The molecule has 4 rings (SSSR count). The Morgan fingerprint density at radius 1 is 1.47 bits per heavy atom. The van der Waals surface area contributed by atoms with Gasteiger partial charge in [-0.2, -0.15) is 10.1 Å². The normalized spacial score (nSPS) is 11.0. The molecule has 1 amide bonds. The Morgan fingerprint density at radius 3 is 3.10 bits per heavy atom. The van der Waals surface area contributed by atoms with Gasteiger partial charge in [0.2, 0.25) is 17.6 Å². The van der Waals surface area contributed by atoms with E-state index in [1.54, 1.807) is 18.2 Å².